The Balaban J connectivity index is 2.62. The van der Waals surface area contributed by atoms with Gasteiger partial charge in [0.25, 0.3) is 5.78 Å². The van der Waals surface area contributed by atoms with Gasteiger partial charge in [0.1, 0.15) is 5.41 Å². The number of Topliss-reactive ketones (excluding diaryl/α,β-unsaturated/α-hetero) is 3. The van der Waals surface area contributed by atoms with E-state index in [0.717, 1.165) is 0 Å². The summed E-state index contributed by atoms with van der Waals surface area (Å²) in [4.78, 5) is 46.0. The van der Waals surface area contributed by atoms with Crippen molar-refractivity contribution in [3.63, 3.8) is 0 Å². The van der Waals surface area contributed by atoms with Crippen LogP contribution in [-0.4, -0.2) is 28.4 Å². The quantitative estimate of drug-likeness (QED) is 0.535. The number of aliphatic carboxylic acids is 1. The van der Waals surface area contributed by atoms with E-state index in [1.807, 2.05) is 0 Å². The fourth-order valence-corrected chi connectivity index (χ4v) is 3.27. The number of carboxylic acid groups (broad SMARTS) is 1. The van der Waals surface area contributed by atoms with Gasteiger partial charge in [-0.15, -0.1) is 0 Å². The van der Waals surface area contributed by atoms with Crippen LogP contribution in [0.25, 0.3) is 0 Å². The summed E-state index contributed by atoms with van der Waals surface area (Å²) in [5.74, 6) is -4.64. The third-order valence-electron chi connectivity index (χ3n) is 4.29. The second kappa shape index (κ2) is 2.78. The molecule has 0 saturated heterocycles. The third-order valence-corrected chi connectivity index (χ3v) is 4.29. The minimum Gasteiger partial charge on any atom is -0.475 e. The fraction of sp³-hybridized carbons (Fsp3) is 0.636. The number of hydrogen-bond donors (Lipinski definition) is 1. The highest BCUT2D eigenvalue weighted by molar-refractivity contribution is 6.53. The molecule has 5 heteroatoms. The molecule has 2 aliphatic rings. The molecule has 2 bridgehead atoms. The molecule has 16 heavy (non-hydrogen) atoms. The van der Waals surface area contributed by atoms with Crippen molar-refractivity contribution in [1.82, 2.24) is 0 Å². The van der Waals surface area contributed by atoms with Crippen LogP contribution in [0.4, 0.5) is 0 Å². The highest BCUT2D eigenvalue weighted by Crippen LogP contribution is 2.62. The molecule has 2 saturated carbocycles. The van der Waals surface area contributed by atoms with Gasteiger partial charge in [-0.1, -0.05) is 13.8 Å². The van der Waals surface area contributed by atoms with Gasteiger partial charge in [-0.05, 0) is 18.3 Å². The SMILES string of the molecule is CC1(C)C2CCC1(C(=O)C(=O)O)C(=O)C2=O. The molecule has 1 N–H and O–H groups in total. The van der Waals surface area contributed by atoms with Gasteiger partial charge >= 0.3 is 5.97 Å². The smallest absolute Gasteiger partial charge is 0.373 e. The first-order valence-electron chi connectivity index (χ1n) is 5.13. The van der Waals surface area contributed by atoms with Gasteiger partial charge in [-0.25, -0.2) is 4.79 Å². The largest absolute Gasteiger partial charge is 0.475 e. The molecule has 0 radical (unpaired) electrons. The first-order chi connectivity index (χ1) is 7.26. The number of rotatable bonds is 2. The van der Waals surface area contributed by atoms with Gasteiger partial charge in [-0.2, -0.15) is 0 Å². The lowest BCUT2D eigenvalue weighted by molar-refractivity contribution is -0.160. The Morgan fingerprint density at radius 3 is 2.25 bits per heavy atom. The van der Waals surface area contributed by atoms with E-state index in [1.54, 1.807) is 13.8 Å². The van der Waals surface area contributed by atoms with Crippen molar-refractivity contribution in [3.05, 3.63) is 0 Å². The van der Waals surface area contributed by atoms with E-state index < -0.39 is 40.1 Å². The van der Waals surface area contributed by atoms with Crippen LogP contribution in [0.1, 0.15) is 26.7 Å². The summed E-state index contributed by atoms with van der Waals surface area (Å²) in [6.07, 6.45) is 0.608. The molecular formula is C11H12O5. The first-order valence-corrected chi connectivity index (χ1v) is 5.13. The fourth-order valence-electron chi connectivity index (χ4n) is 3.27. The Bertz CT molecular complexity index is 434. The molecular weight excluding hydrogens is 212 g/mol. The molecule has 86 valence electrons. The van der Waals surface area contributed by atoms with Crippen molar-refractivity contribution in [3.8, 4) is 0 Å². The lowest BCUT2D eigenvalue weighted by atomic mass is 9.66. The molecule has 0 heterocycles. The van der Waals surface area contributed by atoms with E-state index in [9.17, 15) is 19.2 Å². The normalized spacial score (nSPS) is 35.5. The topological polar surface area (TPSA) is 88.5 Å². The number of ketones is 3. The maximum atomic E-state index is 11.8. The van der Waals surface area contributed by atoms with Crippen molar-refractivity contribution in [2.75, 3.05) is 0 Å². The van der Waals surface area contributed by atoms with E-state index in [0.29, 0.717) is 6.42 Å². The number of carboxylic acids is 1. The van der Waals surface area contributed by atoms with E-state index in [2.05, 4.69) is 0 Å². The Labute approximate surface area is 91.8 Å². The predicted octanol–water partition coefficient (Wildman–Crippen LogP) is 0.214. The summed E-state index contributed by atoms with van der Waals surface area (Å²) in [5, 5.41) is 8.78. The number of carbonyl (C=O) groups excluding carboxylic acids is 3. The molecule has 5 nitrogen and oxygen atoms in total. The molecule has 2 rings (SSSR count). The van der Waals surface area contributed by atoms with Crippen LogP contribution in [0.2, 0.25) is 0 Å². The Hall–Kier alpha value is -1.52. The van der Waals surface area contributed by atoms with E-state index in [-0.39, 0.29) is 6.42 Å². The van der Waals surface area contributed by atoms with Crippen molar-refractivity contribution < 1.29 is 24.3 Å². The highest BCUT2D eigenvalue weighted by atomic mass is 16.4. The van der Waals surface area contributed by atoms with Crippen LogP contribution in [0.15, 0.2) is 0 Å². The molecule has 0 aliphatic heterocycles. The van der Waals surface area contributed by atoms with E-state index in [1.165, 1.54) is 0 Å². The Morgan fingerprint density at radius 1 is 1.31 bits per heavy atom. The number of carbonyl (C=O) groups is 4. The minimum absolute atomic E-state index is 0.181. The van der Waals surface area contributed by atoms with Crippen molar-refractivity contribution >= 4 is 23.3 Å². The van der Waals surface area contributed by atoms with Crippen LogP contribution in [0, 0.1) is 16.7 Å². The molecule has 2 aliphatic carbocycles. The highest BCUT2D eigenvalue weighted by Gasteiger charge is 2.73. The van der Waals surface area contributed by atoms with Crippen LogP contribution < -0.4 is 0 Å². The summed E-state index contributed by atoms with van der Waals surface area (Å²) < 4.78 is 0. The second-order valence-corrected chi connectivity index (χ2v) is 5.05. The van der Waals surface area contributed by atoms with Gasteiger partial charge < -0.3 is 5.11 Å². The molecule has 0 aromatic heterocycles. The maximum absolute atomic E-state index is 11.8. The minimum atomic E-state index is -1.63. The molecule has 0 aromatic rings. The Kier molecular flexibility index (Phi) is 1.91. The monoisotopic (exact) mass is 224 g/mol. The van der Waals surface area contributed by atoms with Crippen molar-refractivity contribution in [1.29, 1.82) is 0 Å². The zero-order valence-corrected chi connectivity index (χ0v) is 9.07. The summed E-state index contributed by atoms with van der Waals surface area (Å²) in [7, 11) is 0. The summed E-state index contributed by atoms with van der Waals surface area (Å²) in [5.41, 5.74) is -2.47. The Morgan fingerprint density at radius 2 is 1.88 bits per heavy atom. The van der Waals surface area contributed by atoms with Gasteiger partial charge in [0.05, 0.1) is 0 Å². The maximum Gasteiger partial charge on any atom is 0.373 e. The number of hydrogen-bond acceptors (Lipinski definition) is 4. The van der Waals surface area contributed by atoms with Crippen LogP contribution >= 0.6 is 0 Å². The van der Waals surface area contributed by atoms with Crippen molar-refractivity contribution in [2.24, 2.45) is 16.7 Å². The van der Waals surface area contributed by atoms with Crippen LogP contribution in [-0.2, 0) is 19.2 Å². The standard InChI is InChI=1S/C11H12O5/c1-10(2)5-3-4-11(10,7(13)6(5)12)8(14)9(15)16/h5H,3-4H2,1-2H3,(H,15,16). The number of fused-ring (bicyclic) bond motifs is 2. The van der Waals surface area contributed by atoms with Crippen LogP contribution in [0.5, 0.6) is 0 Å². The molecule has 2 atom stereocenters. The van der Waals surface area contributed by atoms with Gasteiger partial charge in [-0.3, -0.25) is 14.4 Å². The van der Waals surface area contributed by atoms with Gasteiger partial charge in [0.2, 0.25) is 11.6 Å². The zero-order chi connectivity index (χ0) is 12.3. The molecule has 2 unspecified atom stereocenters. The average molecular weight is 224 g/mol. The summed E-state index contributed by atoms with van der Waals surface area (Å²) in [6.45, 7) is 3.27. The first kappa shape index (κ1) is 11.0. The lowest BCUT2D eigenvalue weighted by Gasteiger charge is -2.32. The van der Waals surface area contributed by atoms with Crippen molar-refractivity contribution in [2.45, 2.75) is 26.7 Å². The molecule has 0 aromatic carbocycles. The third kappa shape index (κ3) is 0.870. The van der Waals surface area contributed by atoms with Gasteiger partial charge in [0, 0.05) is 5.92 Å². The molecule has 0 spiro atoms. The van der Waals surface area contributed by atoms with Gasteiger partial charge in [0.15, 0.2) is 0 Å². The average Bonchev–Trinajstić information content (AvgIpc) is 2.53. The predicted molar refractivity (Wildman–Crippen MR) is 51.6 cm³/mol. The lowest BCUT2D eigenvalue weighted by Crippen LogP contribution is -2.47. The van der Waals surface area contributed by atoms with E-state index >= 15 is 0 Å². The second-order valence-electron chi connectivity index (χ2n) is 5.05. The summed E-state index contributed by atoms with van der Waals surface area (Å²) in [6, 6.07) is 0. The van der Waals surface area contributed by atoms with E-state index in [4.69, 9.17) is 5.11 Å². The summed E-state index contributed by atoms with van der Waals surface area (Å²) >= 11 is 0. The molecule has 2 fully saturated rings. The van der Waals surface area contributed by atoms with Crippen LogP contribution in [0.3, 0.4) is 0 Å². The zero-order valence-electron chi connectivity index (χ0n) is 9.07. The molecule has 0 amide bonds.